The lowest BCUT2D eigenvalue weighted by atomic mass is 9.87. The Kier molecular flexibility index (Phi) is 5.29. The lowest BCUT2D eigenvalue weighted by Crippen LogP contribution is -2.42. The topological polar surface area (TPSA) is 58.6 Å². The van der Waals surface area contributed by atoms with Gasteiger partial charge in [0.1, 0.15) is 12.6 Å². The molecule has 1 heterocycles. The molecule has 1 N–H and O–H groups in total. The number of carbonyl (C=O) groups is 2. The molecule has 2 rings (SSSR count). The summed E-state index contributed by atoms with van der Waals surface area (Å²) in [5.41, 5.74) is 1.12. The van der Waals surface area contributed by atoms with E-state index in [1.807, 2.05) is 20.8 Å². The van der Waals surface area contributed by atoms with E-state index in [2.05, 4.69) is 10.1 Å². The fourth-order valence-corrected chi connectivity index (χ4v) is 2.42. The van der Waals surface area contributed by atoms with Crippen molar-refractivity contribution in [2.45, 2.75) is 44.8 Å². The third-order valence-electron chi connectivity index (χ3n) is 3.93. The van der Waals surface area contributed by atoms with Gasteiger partial charge in [-0.15, -0.1) is 0 Å². The highest BCUT2D eigenvalue weighted by Crippen LogP contribution is 2.28. The molecule has 5 nitrogen and oxygen atoms in total. The first-order chi connectivity index (χ1) is 11.5. The Bertz CT molecular complexity index is 636. The SMILES string of the molecule is CC(C)(C)c1ccc(N[C@@H](CC(=O)N2CCOC2=O)C(F)(F)F)cc1. The van der Waals surface area contributed by atoms with Gasteiger partial charge in [-0.1, -0.05) is 32.9 Å². The molecule has 1 fully saturated rings. The van der Waals surface area contributed by atoms with Gasteiger partial charge < -0.3 is 10.1 Å². The third kappa shape index (κ3) is 4.87. The molecule has 1 aliphatic heterocycles. The molecule has 1 aromatic rings. The highest BCUT2D eigenvalue weighted by molar-refractivity contribution is 5.93. The predicted molar refractivity (Wildman–Crippen MR) is 86.3 cm³/mol. The van der Waals surface area contributed by atoms with Crippen LogP contribution < -0.4 is 5.32 Å². The first-order valence-corrected chi connectivity index (χ1v) is 7.89. The zero-order valence-electron chi connectivity index (χ0n) is 14.3. The minimum absolute atomic E-state index is 0.00293. The number of anilines is 1. The number of rotatable bonds is 4. The molecule has 138 valence electrons. The predicted octanol–water partition coefficient (Wildman–Crippen LogP) is 3.70. The summed E-state index contributed by atoms with van der Waals surface area (Å²) in [6, 6.07) is 4.50. The number of hydrogen-bond acceptors (Lipinski definition) is 4. The van der Waals surface area contributed by atoms with Crippen molar-refractivity contribution in [1.29, 1.82) is 0 Å². The van der Waals surface area contributed by atoms with Crippen LogP contribution in [0.1, 0.15) is 32.8 Å². The van der Waals surface area contributed by atoms with Crippen LogP contribution in [0.3, 0.4) is 0 Å². The van der Waals surface area contributed by atoms with Crippen LogP contribution in [0.5, 0.6) is 0 Å². The maximum absolute atomic E-state index is 13.3. The van der Waals surface area contributed by atoms with Crippen molar-refractivity contribution in [2.75, 3.05) is 18.5 Å². The number of benzene rings is 1. The quantitative estimate of drug-likeness (QED) is 0.892. The van der Waals surface area contributed by atoms with Gasteiger partial charge in [0.05, 0.1) is 13.0 Å². The molecule has 1 saturated heterocycles. The number of imide groups is 1. The van der Waals surface area contributed by atoms with Crippen LogP contribution in [0.25, 0.3) is 0 Å². The summed E-state index contributed by atoms with van der Waals surface area (Å²) in [6.45, 7) is 5.98. The lowest BCUT2D eigenvalue weighted by molar-refractivity contribution is -0.153. The Hall–Kier alpha value is -2.25. The van der Waals surface area contributed by atoms with Crippen molar-refractivity contribution < 1.29 is 27.5 Å². The van der Waals surface area contributed by atoms with Crippen LogP contribution in [0.4, 0.5) is 23.7 Å². The molecule has 1 aromatic carbocycles. The number of hydrogen-bond donors (Lipinski definition) is 1. The summed E-state index contributed by atoms with van der Waals surface area (Å²) >= 11 is 0. The van der Waals surface area contributed by atoms with E-state index in [0.29, 0.717) is 4.90 Å². The Morgan fingerprint density at radius 3 is 2.28 bits per heavy atom. The zero-order chi connectivity index (χ0) is 18.8. The normalized spacial score (nSPS) is 16.6. The number of alkyl halides is 3. The molecular weight excluding hydrogens is 337 g/mol. The summed E-state index contributed by atoms with van der Waals surface area (Å²) < 4.78 is 44.4. The molecule has 0 unspecified atom stereocenters. The summed E-state index contributed by atoms with van der Waals surface area (Å²) in [5.74, 6) is -0.913. The monoisotopic (exact) mass is 358 g/mol. The second-order valence-corrected chi connectivity index (χ2v) is 6.93. The Balaban J connectivity index is 2.10. The van der Waals surface area contributed by atoms with Gasteiger partial charge in [0.15, 0.2) is 0 Å². The van der Waals surface area contributed by atoms with E-state index in [9.17, 15) is 22.8 Å². The maximum atomic E-state index is 13.3. The second-order valence-electron chi connectivity index (χ2n) is 6.93. The summed E-state index contributed by atoms with van der Waals surface area (Å²) in [4.78, 5) is 24.0. The van der Waals surface area contributed by atoms with Gasteiger partial charge in [-0.2, -0.15) is 13.2 Å². The van der Waals surface area contributed by atoms with Crippen LogP contribution in [0, 0.1) is 0 Å². The van der Waals surface area contributed by atoms with Crippen LogP contribution in [0.2, 0.25) is 0 Å². The van der Waals surface area contributed by atoms with E-state index in [1.165, 1.54) is 0 Å². The minimum Gasteiger partial charge on any atom is -0.447 e. The average Bonchev–Trinajstić information content (AvgIpc) is 2.91. The highest BCUT2D eigenvalue weighted by atomic mass is 19.4. The smallest absolute Gasteiger partial charge is 0.416 e. The number of halogens is 3. The van der Waals surface area contributed by atoms with Gasteiger partial charge in [0.2, 0.25) is 5.91 Å². The van der Waals surface area contributed by atoms with Crippen molar-refractivity contribution in [3.8, 4) is 0 Å². The van der Waals surface area contributed by atoms with Crippen molar-refractivity contribution in [3.63, 3.8) is 0 Å². The second kappa shape index (κ2) is 6.93. The van der Waals surface area contributed by atoms with Gasteiger partial charge in [-0.25, -0.2) is 9.69 Å². The number of ether oxygens (including phenoxy) is 1. The molecule has 1 atom stereocenters. The Labute approximate surface area is 144 Å². The van der Waals surface area contributed by atoms with E-state index in [0.717, 1.165) is 5.56 Å². The number of nitrogens with zero attached hydrogens (tertiary/aromatic N) is 1. The molecule has 25 heavy (non-hydrogen) atoms. The summed E-state index contributed by atoms with van der Waals surface area (Å²) in [6.07, 6.45) is -6.41. The Morgan fingerprint density at radius 1 is 1.24 bits per heavy atom. The van der Waals surface area contributed by atoms with Crippen LogP contribution >= 0.6 is 0 Å². The number of cyclic esters (lactones) is 1. The third-order valence-corrected chi connectivity index (χ3v) is 3.93. The minimum atomic E-state index is -4.64. The molecule has 0 aromatic heterocycles. The molecule has 1 aliphatic rings. The Morgan fingerprint density at radius 2 is 1.84 bits per heavy atom. The van der Waals surface area contributed by atoms with Gasteiger partial charge in [0, 0.05) is 5.69 Å². The van der Waals surface area contributed by atoms with E-state index in [-0.39, 0.29) is 24.3 Å². The van der Waals surface area contributed by atoms with Crippen molar-refractivity contribution in [1.82, 2.24) is 4.90 Å². The summed E-state index contributed by atoms with van der Waals surface area (Å²) in [7, 11) is 0. The fourth-order valence-electron chi connectivity index (χ4n) is 2.42. The van der Waals surface area contributed by atoms with Crippen molar-refractivity contribution in [2.24, 2.45) is 0 Å². The maximum Gasteiger partial charge on any atom is 0.416 e. The number of amides is 2. The van der Waals surface area contributed by atoms with Gasteiger partial charge in [0.25, 0.3) is 0 Å². The van der Waals surface area contributed by atoms with E-state index < -0.39 is 30.6 Å². The van der Waals surface area contributed by atoms with Gasteiger partial charge in [-0.3, -0.25) is 4.79 Å². The molecule has 0 spiro atoms. The molecule has 0 aliphatic carbocycles. The molecule has 0 radical (unpaired) electrons. The van der Waals surface area contributed by atoms with Crippen LogP contribution in [-0.2, 0) is 14.9 Å². The highest BCUT2D eigenvalue weighted by Gasteiger charge is 2.43. The first kappa shape index (κ1) is 19.1. The van der Waals surface area contributed by atoms with E-state index >= 15 is 0 Å². The van der Waals surface area contributed by atoms with Crippen molar-refractivity contribution in [3.05, 3.63) is 29.8 Å². The van der Waals surface area contributed by atoms with Crippen molar-refractivity contribution >= 4 is 17.7 Å². The first-order valence-electron chi connectivity index (χ1n) is 7.89. The molecular formula is C17H21F3N2O3. The molecule has 2 amide bonds. The molecule has 0 saturated carbocycles. The van der Waals surface area contributed by atoms with Gasteiger partial charge >= 0.3 is 12.3 Å². The summed E-state index contributed by atoms with van der Waals surface area (Å²) in [5, 5.41) is 2.34. The largest absolute Gasteiger partial charge is 0.447 e. The fraction of sp³-hybridized carbons (Fsp3) is 0.529. The number of carbonyl (C=O) groups excluding carboxylic acids is 2. The molecule has 0 bridgehead atoms. The zero-order valence-corrected chi connectivity index (χ0v) is 14.3. The van der Waals surface area contributed by atoms with E-state index in [4.69, 9.17) is 0 Å². The standard InChI is InChI=1S/C17H21F3N2O3/c1-16(2,3)11-4-6-12(7-5-11)21-13(17(18,19)20)10-14(23)22-8-9-25-15(22)24/h4-7,13,21H,8-10H2,1-3H3/t13-/m0/s1. The lowest BCUT2D eigenvalue weighted by Gasteiger charge is -2.24. The average molecular weight is 358 g/mol. The van der Waals surface area contributed by atoms with Crippen LogP contribution in [0.15, 0.2) is 24.3 Å². The van der Waals surface area contributed by atoms with E-state index in [1.54, 1.807) is 24.3 Å². The van der Waals surface area contributed by atoms with Crippen LogP contribution in [-0.4, -0.2) is 42.3 Å². The number of nitrogens with one attached hydrogen (secondary N) is 1. The van der Waals surface area contributed by atoms with Gasteiger partial charge in [-0.05, 0) is 23.1 Å². The molecule has 8 heteroatoms.